The Morgan fingerprint density at radius 3 is 2.48 bits per heavy atom. The minimum atomic E-state index is -0.429. The summed E-state index contributed by atoms with van der Waals surface area (Å²) in [5, 5.41) is 1.81. The normalized spacial score (nSPS) is 10.7. The molecule has 0 fully saturated rings. The van der Waals surface area contributed by atoms with Crippen molar-refractivity contribution >= 4 is 35.2 Å². The summed E-state index contributed by atoms with van der Waals surface area (Å²) in [6, 6.07) is 15.5. The molecule has 0 aliphatic rings. The zero-order valence-electron chi connectivity index (χ0n) is 16.0. The highest BCUT2D eigenvalue weighted by Crippen LogP contribution is 2.29. The van der Waals surface area contributed by atoms with Crippen LogP contribution in [0.4, 0.5) is 5.69 Å². The van der Waals surface area contributed by atoms with E-state index in [-0.39, 0.29) is 5.97 Å². The van der Waals surface area contributed by atoms with Crippen LogP contribution in [-0.4, -0.2) is 31.9 Å². The van der Waals surface area contributed by atoms with E-state index < -0.39 is 5.97 Å². The number of carbonyl (C=O) groups excluding carboxylic acids is 2. The third-order valence-electron chi connectivity index (χ3n) is 3.85. The Kier molecular flexibility index (Phi) is 6.76. The molecule has 3 aromatic rings. The fraction of sp³-hybridized carbons (Fsp3) is 0.136. The lowest BCUT2D eigenvalue weighted by Gasteiger charge is -2.09. The Bertz CT molecular complexity index is 1010. The largest absolute Gasteiger partial charge is 0.493 e. The Labute approximate surface area is 172 Å². The molecule has 148 valence electrons. The summed E-state index contributed by atoms with van der Waals surface area (Å²) >= 11 is 1.31. The lowest BCUT2D eigenvalue weighted by atomic mass is 10.2. The van der Waals surface area contributed by atoms with Crippen molar-refractivity contribution in [3.05, 3.63) is 76.0 Å². The van der Waals surface area contributed by atoms with Crippen molar-refractivity contribution in [2.75, 3.05) is 13.7 Å². The number of thiophene rings is 1. The predicted octanol–water partition coefficient (Wildman–Crippen LogP) is 4.90. The Balaban J connectivity index is 1.71. The first-order valence-corrected chi connectivity index (χ1v) is 9.73. The fourth-order valence-corrected chi connectivity index (χ4v) is 3.04. The van der Waals surface area contributed by atoms with Crippen LogP contribution in [0.1, 0.15) is 32.5 Å². The topological polar surface area (TPSA) is 74.2 Å². The van der Waals surface area contributed by atoms with Gasteiger partial charge in [-0.3, -0.25) is 4.99 Å². The standard InChI is InChI=1S/C22H19NO5S/c1-3-27-21(24)16-7-9-17(10-8-16)23-14-15-6-11-18(19(13-15)26-2)28-22(25)20-5-4-12-29-20/h4-14H,3H2,1-2H3. The second-order valence-corrected chi connectivity index (χ2v) is 6.75. The second kappa shape index (κ2) is 9.66. The number of esters is 2. The summed E-state index contributed by atoms with van der Waals surface area (Å²) < 4.78 is 15.7. The van der Waals surface area contributed by atoms with Crippen LogP contribution in [0, 0.1) is 0 Å². The van der Waals surface area contributed by atoms with Gasteiger partial charge in [-0.25, -0.2) is 9.59 Å². The molecular formula is C22H19NO5S. The average Bonchev–Trinajstić information content (AvgIpc) is 3.28. The molecule has 1 heterocycles. The minimum absolute atomic E-state index is 0.333. The third kappa shape index (κ3) is 5.30. The van der Waals surface area contributed by atoms with Crippen LogP contribution in [0.15, 0.2) is 65.0 Å². The molecular weight excluding hydrogens is 390 g/mol. The number of ether oxygens (including phenoxy) is 3. The van der Waals surface area contributed by atoms with Gasteiger partial charge in [-0.2, -0.15) is 0 Å². The van der Waals surface area contributed by atoms with Crippen molar-refractivity contribution in [2.24, 2.45) is 4.99 Å². The van der Waals surface area contributed by atoms with E-state index in [2.05, 4.69) is 4.99 Å². The van der Waals surface area contributed by atoms with Crippen molar-refractivity contribution in [2.45, 2.75) is 6.92 Å². The van der Waals surface area contributed by atoms with Crippen LogP contribution in [0.25, 0.3) is 0 Å². The quantitative estimate of drug-likeness (QED) is 0.315. The maximum Gasteiger partial charge on any atom is 0.353 e. The summed E-state index contributed by atoms with van der Waals surface area (Å²) in [5.41, 5.74) is 1.93. The van der Waals surface area contributed by atoms with Gasteiger partial charge in [0.25, 0.3) is 0 Å². The molecule has 0 unspecified atom stereocenters. The van der Waals surface area contributed by atoms with Crippen molar-refractivity contribution < 1.29 is 23.8 Å². The van der Waals surface area contributed by atoms with Gasteiger partial charge in [0.05, 0.1) is 25.0 Å². The van der Waals surface area contributed by atoms with Crippen LogP contribution >= 0.6 is 11.3 Å². The van der Waals surface area contributed by atoms with Gasteiger partial charge in [0.15, 0.2) is 11.5 Å². The summed E-state index contributed by atoms with van der Waals surface area (Å²) in [4.78, 5) is 28.7. The summed E-state index contributed by atoms with van der Waals surface area (Å²) in [6.45, 7) is 2.10. The molecule has 0 N–H and O–H groups in total. The number of hydrogen-bond acceptors (Lipinski definition) is 7. The van der Waals surface area contributed by atoms with Crippen LogP contribution < -0.4 is 9.47 Å². The first-order valence-electron chi connectivity index (χ1n) is 8.85. The molecule has 0 spiro atoms. The molecule has 0 aliphatic heterocycles. The molecule has 1 aromatic heterocycles. The van der Waals surface area contributed by atoms with E-state index in [0.29, 0.717) is 34.2 Å². The van der Waals surface area contributed by atoms with Crippen LogP contribution in [0.2, 0.25) is 0 Å². The third-order valence-corrected chi connectivity index (χ3v) is 4.70. The van der Waals surface area contributed by atoms with Gasteiger partial charge in [-0.05, 0) is 66.4 Å². The van der Waals surface area contributed by atoms with Crippen LogP contribution in [0.3, 0.4) is 0 Å². The molecule has 6 nitrogen and oxygen atoms in total. The van der Waals surface area contributed by atoms with Crippen molar-refractivity contribution in [3.63, 3.8) is 0 Å². The van der Waals surface area contributed by atoms with E-state index in [9.17, 15) is 9.59 Å². The molecule has 3 rings (SSSR count). The van der Waals surface area contributed by atoms with Crippen LogP contribution in [-0.2, 0) is 4.74 Å². The number of nitrogens with zero attached hydrogens (tertiary/aromatic N) is 1. The average molecular weight is 409 g/mol. The lowest BCUT2D eigenvalue weighted by molar-refractivity contribution is 0.0526. The second-order valence-electron chi connectivity index (χ2n) is 5.80. The number of aliphatic imine (C=N–C) groups is 1. The number of rotatable bonds is 7. The molecule has 2 aromatic carbocycles. The molecule has 29 heavy (non-hydrogen) atoms. The maximum absolute atomic E-state index is 12.1. The van der Waals surface area contributed by atoms with E-state index >= 15 is 0 Å². The predicted molar refractivity (Wildman–Crippen MR) is 112 cm³/mol. The number of hydrogen-bond donors (Lipinski definition) is 0. The smallest absolute Gasteiger partial charge is 0.353 e. The van der Waals surface area contributed by atoms with Gasteiger partial charge in [-0.1, -0.05) is 6.07 Å². The monoisotopic (exact) mass is 409 g/mol. The molecule has 7 heteroatoms. The van der Waals surface area contributed by atoms with E-state index in [0.717, 1.165) is 5.56 Å². The van der Waals surface area contributed by atoms with Gasteiger partial charge >= 0.3 is 11.9 Å². The van der Waals surface area contributed by atoms with E-state index in [1.807, 2.05) is 5.38 Å². The number of benzene rings is 2. The van der Waals surface area contributed by atoms with E-state index in [1.165, 1.54) is 18.4 Å². The summed E-state index contributed by atoms with van der Waals surface area (Å²) in [5.74, 6) is -0.0276. The van der Waals surface area contributed by atoms with Gasteiger partial charge < -0.3 is 14.2 Å². The summed E-state index contributed by atoms with van der Waals surface area (Å²) in [6.07, 6.45) is 1.66. The molecule has 0 atom stereocenters. The highest BCUT2D eigenvalue weighted by atomic mass is 32.1. The molecule has 0 bridgehead atoms. The fourth-order valence-electron chi connectivity index (χ4n) is 2.44. The Morgan fingerprint density at radius 1 is 1.03 bits per heavy atom. The molecule has 0 radical (unpaired) electrons. The van der Waals surface area contributed by atoms with Gasteiger partial charge in [0.1, 0.15) is 4.88 Å². The van der Waals surface area contributed by atoms with Gasteiger partial charge in [0.2, 0.25) is 0 Å². The van der Waals surface area contributed by atoms with Crippen molar-refractivity contribution in [1.82, 2.24) is 0 Å². The number of carbonyl (C=O) groups is 2. The van der Waals surface area contributed by atoms with Gasteiger partial charge in [0, 0.05) is 6.21 Å². The zero-order valence-corrected chi connectivity index (χ0v) is 16.8. The SMILES string of the molecule is CCOC(=O)c1ccc(N=Cc2ccc(OC(=O)c3cccs3)c(OC)c2)cc1. The summed E-state index contributed by atoms with van der Waals surface area (Å²) in [7, 11) is 1.51. The Morgan fingerprint density at radius 2 is 1.83 bits per heavy atom. The first kappa shape index (κ1) is 20.3. The van der Waals surface area contributed by atoms with Crippen molar-refractivity contribution in [1.29, 1.82) is 0 Å². The maximum atomic E-state index is 12.1. The Hall–Kier alpha value is -3.45. The van der Waals surface area contributed by atoms with E-state index in [4.69, 9.17) is 14.2 Å². The van der Waals surface area contributed by atoms with E-state index in [1.54, 1.807) is 67.7 Å². The highest BCUT2D eigenvalue weighted by molar-refractivity contribution is 7.12. The molecule has 0 saturated carbocycles. The highest BCUT2D eigenvalue weighted by Gasteiger charge is 2.13. The van der Waals surface area contributed by atoms with Gasteiger partial charge in [-0.15, -0.1) is 11.3 Å². The van der Waals surface area contributed by atoms with Crippen molar-refractivity contribution in [3.8, 4) is 11.5 Å². The molecule has 0 amide bonds. The molecule has 0 aliphatic carbocycles. The zero-order chi connectivity index (χ0) is 20.6. The first-order chi connectivity index (χ1) is 14.1. The van der Waals surface area contributed by atoms with Crippen LogP contribution in [0.5, 0.6) is 11.5 Å². The number of methoxy groups -OCH3 is 1. The minimum Gasteiger partial charge on any atom is -0.493 e. The molecule has 0 saturated heterocycles. The lowest BCUT2D eigenvalue weighted by Crippen LogP contribution is -2.07.